The molecule has 8 heteroatoms. The zero-order valence-corrected chi connectivity index (χ0v) is 19.3. The van der Waals surface area contributed by atoms with Crippen molar-refractivity contribution in [1.82, 2.24) is 9.55 Å². The number of amides is 1. The van der Waals surface area contributed by atoms with Gasteiger partial charge in [0.2, 0.25) is 5.91 Å². The third-order valence-electron chi connectivity index (χ3n) is 4.44. The van der Waals surface area contributed by atoms with Crippen LogP contribution in [0.2, 0.25) is 0 Å². The number of anilines is 1. The highest BCUT2D eigenvalue weighted by atomic mass is 79.9. The van der Waals surface area contributed by atoms with Gasteiger partial charge in [0.05, 0.1) is 29.3 Å². The van der Waals surface area contributed by atoms with Crippen LogP contribution < -0.4 is 10.9 Å². The fraction of sp³-hybridized carbons (Fsp3) is 0.318. The number of aromatic nitrogens is 2. The van der Waals surface area contributed by atoms with Crippen molar-refractivity contribution in [2.75, 3.05) is 11.1 Å². The van der Waals surface area contributed by atoms with Gasteiger partial charge in [0.25, 0.3) is 5.56 Å². The fourth-order valence-corrected chi connectivity index (χ4v) is 4.25. The number of halogens is 1. The first-order valence-electron chi connectivity index (χ1n) is 9.77. The first-order valence-corrected chi connectivity index (χ1v) is 11.5. The molecule has 1 heterocycles. The molecule has 158 valence electrons. The molecule has 0 aliphatic rings. The van der Waals surface area contributed by atoms with Gasteiger partial charge in [-0.15, -0.1) is 0 Å². The second-order valence-corrected chi connectivity index (χ2v) is 8.96. The number of aliphatic hydroxyl groups is 1. The summed E-state index contributed by atoms with van der Waals surface area (Å²) in [6.45, 7) is 3.85. The summed E-state index contributed by atoms with van der Waals surface area (Å²) in [6.07, 6.45) is 1.37. The lowest BCUT2D eigenvalue weighted by molar-refractivity contribution is -0.113. The Bertz CT molecular complexity index is 1100. The number of hydrogen-bond donors (Lipinski definition) is 2. The number of carbonyl (C=O) groups is 1. The third-order valence-corrected chi connectivity index (χ3v) is 5.91. The van der Waals surface area contributed by atoms with E-state index in [1.165, 1.54) is 21.9 Å². The van der Waals surface area contributed by atoms with Crippen LogP contribution in [0.5, 0.6) is 0 Å². The van der Waals surface area contributed by atoms with Gasteiger partial charge in [-0.25, -0.2) is 4.98 Å². The van der Waals surface area contributed by atoms with Gasteiger partial charge in [-0.05, 0) is 49.2 Å². The van der Waals surface area contributed by atoms with Crippen molar-refractivity contribution in [1.29, 1.82) is 0 Å². The van der Waals surface area contributed by atoms with Gasteiger partial charge >= 0.3 is 0 Å². The number of aryl methyl sites for hydroxylation is 1. The molecule has 30 heavy (non-hydrogen) atoms. The molecular weight excluding hydrogens is 466 g/mol. The van der Waals surface area contributed by atoms with Gasteiger partial charge in [0.1, 0.15) is 0 Å². The number of fused-ring (bicyclic) bond motifs is 1. The van der Waals surface area contributed by atoms with Crippen LogP contribution in [-0.2, 0) is 17.8 Å². The third kappa shape index (κ3) is 5.71. The summed E-state index contributed by atoms with van der Waals surface area (Å²) in [5.74, 6) is -0.0812. The Balaban J connectivity index is 1.77. The number of benzene rings is 2. The smallest absolute Gasteiger partial charge is 0.262 e. The second kappa shape index (κ2) is 10.2. The zero-order chi connectivity index (χ0) is 21.7. The lowest BCUT2D eigenvalue weighted by Gasteiger charge is -2.14. The topological polar surface area (TPSA) is 84.2 Å². The lowest BCUT2D eigenvalue weighted by atomic mass is 10.1. The standard InChI is InChI=1S/C22H24BrN3O3S/c1-3-4-15-5-8-17(9-6-15)24-20(28)13-30-22-25-19-10-7-16(23)11-18(19)21(29)26(22)12-14(2)27/h5-11,14,27H,3-4,12-13H2,1-2H3,(H,24,28)/t14-/m0/s1. The number of aliphatic hydroxyl groups excluding tert-OH is 1. The lowest BCUT2D eigenvalue weighted by Crippen LogP contribution is -2.28. The maximum atomic E-state index is 12.9. The summed E-state index contributed by atoms with van der Waals surface area (Å²) >= 11 is 4.55. The summed E-state index contributed by atoms with van der Waals surface area (Å²) in [6, 6.07) is 13.1. The van der Waals surface area contributed by atoms with Crippen molar-refractivity contribution >= 4 is 50.2 Å². The number of hydrogen-bond acceptors (Lipinski definition) is 5. The Kier molecular flexibility index (Phi) is 7.69. The van der Waals surface area contributed by atoms with Crippen LogP contribution in [-0.4, -0.2) is 32.4 Å². The number of nitrogens with one attached hydrogen (secondary N) is 1. The van der Waals surface area contributed by atoms with Gasteiger partial charge in [0.15, 0.2) is 5.16 Å². The van der Waals surface area contributed by atoms with Crippen LogP contribution in [0.15, 0.2) is 56.9 Å². The highest BCUT2D eigenvalue weighted by molar-refractivity contribution is 9.10. The number of carbonyl (C=O) groups excluding carboxylic acids is 1. The van der Waals surface area contributed by atoms with Gasteiger partial charge < -0.3 is 10.4 Å². The van der Waals surface area contributed by atoms with E-state index < -0.39 is 6.10 Å². The first kappa shape index (κ1) is 22.5. The van der Waals surface area contributed by atoms with Gasteiger partial charge in [-0.2, -0.15) is 0 Å². The average Bonchev–Trinajstić information content (AvgIpc) is 2.71. The molecule has 0 radical (unpaired) electrons. The SMILES string of the molecule is CCCc1ccc(NC(=O)CSc2nc3ccc(Br)cc3c(=O)n2C[C@H](C)O)cc1. The van der Waals surface area contributed by atoms with Crippen LogP contribution in [0.1, 0.15) is 25.8 Å². The average molecular weight is 490 g/mol. The Morgan fingerprint density at radius 3 is 2.67 bits per heavy atom. The summed E-state index contributed by atoms with van der Waals surface area (Å²) in [5, 5.41) is 13.6. The molecule has 6 nitrogen and oxygen atoms in total. The number of nitrogens with zero attached hydrogens (tertiary/aromatic N) is 2. The number of rotatable bonds is 8. The van der Waals surface area contributed by atoms with Crippen LogP contribution in [0.25, 0.3) is 10.9 Å². The molecule has 0 bridgehead atoms. The minimum Gasteiger partial charge on any atom is -0.392 e. The molecule has 2 aromatic carbocycles. The Morgan fingerprint density at radius 1 is 1.27 bits per heavy atom. The quantitative estimate of drug-likeness (QED) is 0.365. The van der Waals surface area contributed by atoms with Gasteiger partial charge in [-0.3, -0.25) is 14.2 Å². The Morgan fingerprint density at radius 2 is 2.00 bits per heavy atom. The molecule has 0 unspecified atom stereocenters. The maximum Gasteiger partial charge on any atom is 0.262 e. The van der Waals surface area contributed by atoms with Crippen molar-refractivity contribution in [3.8, 4) is 0 Å². The van der Waals surface area contributed by atoms with E-state index in [9.17, 15) is 14.7 Å². The van der Waals surface area contributed by atoms with Crippen molar-refractivity contribution < 1.29 is 9.90 Å². The highest BCUT2D eigenvalue weighted by Crippen LogP contribution is 2.21. The van der Waals surface area contributed by atoms with Crippen molar-refractivity contribution in [3.05, 3.63) is 62.9 Å². The van der Waals surface area contributed by atoms with Crippen LogP contribution in [0.3, 0.4) is 0 Å². The summed E-state index contributed by atoms with van der Waals surface area (Å²) < 4.78 is 2.21. The Hall–Kier alpha value is -2.16. The summed E-state index contributed by atoms with van der Waals surface area (Å²) in [4.78, 5) is 29.9. The first-order chi connectivity index (χ1) is 14.4. The van der Waals surface area contributed by atoms with E-state index in [1.54, 1.807) is 19.1 Å². The van der Waals surface area contributed by atoms with E-state index in [4.69, 9.17) is 0 Å². The molecule has 0 aliphatic heterocycles. The predicted molar refractivity (Wildman–Crippen MR) is 125 cm³/mol. The molecule has 3 aromatic rings. The van der Waals surface area contributed by atoms with Crippen LogP contribution in [0, 0.1) is 0 Å². The van der Waals surface area contributed by atoms with Crippen LogP contribution >= 0.6 is 27.7 Å². The second-order valence-electron chi connectivity index (χ2n) is 7.10. The molecule has 0 saturated carbocycles. The van der Waals surface area contributed by atoms with E-state index in [2.05, 4.69) is 33.2 Å². The molecule has 2 N–H and O–H groups in total. The molecule has 1 aromatic heterocycles. The molecule has 1 amide bonds. The van der Waals surface area contributed by atoms with E-state index in [-0.39, 0.29) is 23.8 Å². The Labute approximate surface area is 187 Å². The van der Waals surface area contributed by atoms with Gasteiger partial charge in [0, 0.05) is 10.2 Å². The van der Waals surface area contributed by atoms with E-state index in [0.29, 0.717) is 16.1 Å². The molecule has 0 spiro atoms. The summed E-state index contributed by atoms with van der Waals surface area (Å²) in [7, 11) is 0. The monoisotopic (exact) mass is 489 g/mol. The molecular formula is C22H24BrN3O3S. The fourth-order valence-electron chi connectivity index (χ4n) is 3.08. The largest absolute Gasteiger partial charge is 0.392 e. The molecule has 0 saturated heterocycles. The number of thioether (sulfide) groups is 1. The minimum atomic E-state index is -0.719. The van der Waals surface area contributed by atoms with Crippen molar-refractivity contribution in [2.45, 2.75) is 44.5 Å². The minimum absolute atomic E-state index is 0.102. The summed E-state index contributed by atoms with van der Waals surface area (Å²) in [5.41, 5.74) is 2.29. The molecule has 0 fully saturated rings. The van der Waals surface area contributed by atoms with E-state index >= 15 is 0 Å². The normalized spacial score (nSPS) is 12.1. The van der Waals surface area contributed by atoms with Crippen molar-refractivity contribution in [3.63, 3.8) is 0 Å². The van der Waals surface area contributed by atoms with Crippen LogP contribution in [0.4, 0.5) is 5.69 Å². The highest BCUT2D eigenvalue weighted by Gasteiger charge is 2.15. The molecule has 0 aliphatic carbocycles. The molecule has 1 atom stereocenters. The predicted octanol–water partition coefficient (Wildman–Crippen LogP) is 4.22. The molecule has 3 rings (SSSR count). The van der Waals surface area contributed by atoms with Gasteiger partial charge in [-0.1, -0.05) is 53.2 Å². The van der Waals surface area contributed by atoms with E-state index in [0.717, 1.165) is 23.0 Å². The maximum absolute atomic E-state index is 12.9. The van der Waals surface area contributed by atoms with E-state index in [1.807, 2.05) is 30.3 Å². The van der Waals surface area contributed by atoms with Crippen molar-refractivity contribution in [2.24, 2.45) is 0 Å². The zero-order valence-electron chi connectivity index (χ0n) is 16.9.